The zero-order valence-corrected chi connectivity index (χ0v) is 13.2. The largest absolute Gasteiger partial charge is 0.279 e. The van der Waals surface area contributed by atoms with Crippen LogP contribution in [0.5, 0.6) is 0 Å². The van der Waals surface area contributed by atoms with E-state index >= 15 is 0 Å². The van der Waals surface area contributed by atoms with Gasteiger partial charge in [-0.3, -0.25) is 15.0 Å². The van der Waals surface area contributed by atoms with Crippen LogP contribution in [0.15, 0.2) is 73.2 Å². The van der Waals surface area contributed by atoms with Crippen LogP contribution in [0.3, 0.4) is 0 Å². The maximum Gasteiger partial charge on any atom is 0.279 e. The van der Waals surface area contributed by atoms with Crippen molar-refractivity contribution in [2.75, 3.05) is 0 Å². The fourth-order valence-corrected chi connectivity index (χ4v) is 6.73. The average Bonchev–Trinajstić information content (AvgIpc) is 2.56. The molecule has 3 rings (SSSR count). The van der Waals surface area contributed by atoms with Gasteiger partial charge >= 0.3 is 0 Å². The highest BCUT2D eigenvalue weighted by atomic mass is 79.9. The molecular weight excluding hydrogens is 330 g/mol. The molecule has 3 aromatic rings. The minimum absolute atomic E-state index is 0.998. The molecule has 98 valence electrons. The van der Waals surface area contributed by atoms with Gasteiger partial charge < -0.3 is 0 Å². The van der Waals surface area contributed by atoms with Crippen molar-refractivity contribution in [3.8, 4) is 0 Å². The van der Waals surface area contributed by atoms with Crippen molar-refractivity contribution in [2.45, 2.75) is 0 Å². The minimum atomic E-state index is -2.40. The first-order valence-electron chi connectivity index (χ1n) is 6.25. The minimum Gasteiger partial charge on any atom is -0.264 e. The van der Waals surface area contributed by atoms with Gasteiger partial charge in [0, 0.05) is 18.6 Å². The molecule has 0 unspecified atom stereocenters. The lowest BCUT2D eigenvalue weighted by molar-refractivity contribution is 1.33. The van der Waals surface area contributed by atoms with Gasteiger partial charge in [0.1, 0.15) is 0 Å². The van der Waals surface area contributed by atoms with Gasteiger partial charge in [0.25, 0.3) is 6.69 Å². The van der Waals surface area contributed by atoms with Gasteiger partial charge in [-0.1, -0.05) is 18.2 Å². The van der Waals surface area contributed by atoms with Crippen LogP contribution in [0.2, 0.25) is 0 Å². The lowest BCUT2D eigenvalue weighted by Gasteiger charge is -2.23. The van der Waals surface area contributed by atoms with E-state index in [0.29, 0.717) is 0 Å². The van der Waals surface area contributed by atoms with Crippen molar-refractivity contribution in [2.24, 2.45) is 0 Å². The van der Waals surface area contributed by atoms with E-state index in [1.165, 1.54) is 0 Å². The van der Waals surface area contributed by atoms with Crippen LogP contribution in [-0.4, -0.2) is 21.6 Å². The molecule has 0 aliphatic rings. The van der Waals surface area contributed by atoms with Gasteiger partial charge in [0.05, 0.1) is 16.0 Å². The van der Waals surface area contributed by atoms with Crippen molar-refractivity contribution >= 4 is 37.9 Å². The lowest BCUT2D eigenvalue weighted by Crippen LogP contribution is -2.65. The van der Waals surface area contributed by atoms with Crippen molar-refractivity contribution in [3.05, 3.63) is 73.2 Å². The van der Waals surface area contributed by atoms with Gasteiger partial charge in [-0.25, -0.2) is 0 Å². The third kappa shape index (κ3) is 2.30. The average molecular weight is 342 g/mol. The molecule has 0 atom stereocenters. The molecule has 0 aromatic carbocycles. The van der Waals surface area contributed by atoms with Crippen LogP contribution in [0, 0.1) is 0 Å². The molecule has 0 aliphatic carbocycles. The molecule has 20 heavy (non-hydrogen) atoms. The van der Waals surface area contributed by atoms with E-state index in [4.69, 9.17) is 0 Å². The Morgan fingerprint density at radius 3 is 1.20 bits per heavy atom. The maximum absolute atomic E-state index is 4.54. The van der Waals surface area contributed by atoms with Gasteiger partial charge in [-0.15, -0.1) is 15.3 Å². The normalized spacial score (nSPS) is 11.2. The predicted molar refractivity (Wildman–Crippen MR) is 86.3 cm³/mol. The number of pyridine rings is 3. The topological polar surface area (TPSA) is 38.7 Å². The van der Waals surface area contributed by atoms with Crippen LogP contribution in [0.4, 0.5) is 0 Å². The van der Waals surface area contributed by atoms with E-state index in [1.807, 2.05) is 73.2 Å². The third-order valence-corrected chi connectivity index (χ3v) is 9.71. The number of hydrogen-bond donors (Lipinski definition) is 0. The molecule has 0 N–H and O–H groups in total. The van der Waals surface area contributed by atoms with Crippen molar-refractivity contribution < 1.29 is 0 Å². The van der Waals surface area contributed by atoms with E-state index in [2.05, 4.69) is 30.2 Å². The molecule has 0 aliphatic heterocycles. The second-order valence-corrected chi connectivity index (χ2v) is 10.7. The first-order valence-corrected chi connectivity index (χ1v) is 10.5. The van der Waals surface area contributed by atoms with Crippen LogP contribution in [0.25, 0.3) is 0 Å². The van der Waals surface area contributed by atoms with E-state index in [9.17, 15) is 0 Å². The Labute approximate surface area is 126 Å². The van der Waals surface area contributed by atoms with Crippen LogP contribution in [0.1, 0.15) is 0 Å². The quantitative estimate of drug-likeness (QED) is 0.531. The molecule has 0 amide bonds. The summed E-state index contributed by atoms with van der Waals surface area (Å²) >= 11 is 3.96. The van der Waals surface area contributed by atoms with Gasteiger partial charge in [0.2, 0.25) is 0 Å². The summed E-state index contributed by atoms with van der Waals surface area (Å²) in [5.41, 5.74) is 0. The first kappa shape index (κ1) is 13.1. The molecular formula is C15H12BrN3Si. The predicted octanol–water partition coefficient (Wildman–Crippen LogP) is 1.23. The maximum atomic E-state index is 4.54. The summed E-state index contributed by atoms with van der Waals surface area (Å²) in [6, 6.07) is 17.8. The first-order chi connectivity index (χ1) is 9.82. The van der Waals surface area contributed by atoms with Crippen LogP contribution in [-0.2, 0) is 0 Å². The second kappa shape index (κ2) is 5.64. The number of halogens is 1. The summed E-state index contributed by atoms with van der Waals surface area (Å²) in [5, 5.41) is 2.99. The van der Waals surface area contributed by atoms with Gasteiger partial charge in [-0.05, 0) is 36.4 Å². The number of hydrogen-bond acceptors (Lipinski definition) is 3. The van der Waals surface area contributed by atoms with Crippen molar-refractivity contribution in [1.82, 2.24) is 15.0 Å². The molecule has 0 bridgehead atoms. The molecule has 3 aromatic heterocycles. The summed E-state index contributed by atoms with van der Waals surface area (Å²) in [4.78, 5) is 13.6. The number of nitrogens with zero attached hydrogens (tertiary/aromatic N) is 3. The molecule has 0 saturated heterocycles. The fraction of sp³-hybridized carbons (Fsp3) is 0. The van der Waals surface area contributed by atoms with Crippen molar-refractivity contribution in [3.63, 3.8) is 0 Å². The van der Waals surface area contributed by atoms with E-state index in [-0.39, 0.29) is 0 Å². The highest BCUT2D eigenvalue weighted by Gasteiger charge is 2.41. The Bertz CT molecular complexity index is 581. The third-order valence-electron chi connectivity index (χ3n) is 3.05. The Morgan fingerprint density at radius 1 is 0.600 bits per heavy atom. The van der Waals surface area contributed by atoms with Crippen LogP contribution < -0.4 is 16.0 Å². The second-order valence-electron chi connectivity index (χ2n) is 4.30. The van der Waals surface area contributed by atoms with E-state index < -0.39 is 6.69 Å². The van der Waals surface area contributed by atoms with Crippen LogP contribution >= 0.6 is 15.3 Å². The summed E-state index contributed by atoms with van der Waals surface area (Å²) in [5.74, 6) is 0. The molecule has 0 radical (unpaired) electrons. The molecule has 0 fully saturated rings. The smallest absolute Gasteiger partial charge is 0.264 e. The SMILES string of the molecule is Br[Si](c1ccccn1)(c1ccccn1)c1ccccn1. The highest BCUT2D eigenvalue weighted by Crippen LogP contribution is 2.10. The molecule has 5 heteroatoms. The molecule has 3 heterocycles. The Morgan fingerprint density at radius 2 is 0.950 bits per heavy atom. The highest BCUT2D eigenvalue weighted by molar-refractivity contribution is 9.27. The summed E-state index contributed by atoms with van der Waals surface area (Å²) < 4.78 is 0. The monoisotopic (exact) mass is 341 g/mol. The molecule has 0 spiro atoms. The van der Waals surface area contributed by atoms with Gasteiger partial charge in [0.15, 0.2) is 0 Å². The Hall–Kier alpha value is -1.85. The zero-order valence-electron chi connectivity index (χ0n) is 10.6. The lowest BCUT2D eigenvalue weighted by atomic mass is 10.5. The summed E-state index contributed by atoms with van der Waals surface area (Å²) in [7, 11) is 0. The molecule has 0 saturated carbocycles. The summed E-state index contributed by atoms with van der Waals surface area (Å²) in [6.45, 7) is -2.40. The number of aromatic nitrogens is 3. The zero-order chi connectivity index (χ0) is 13.8. The van der Waals surface area contributed by atoms with Gasteiger partial charge in [-0.2, -0.15) is 0 Å². The standard InChI is InChI=1S/C15H12BrN3Si/c16-20(13-7-1-4-10-17-13,14-8-2-5-11-18-14)15-9-3-6-12-19-15/h1-12H. The number of rotatable bonds is 3. The van der Waals surface area contributed by atoms with E-state index in [0.717, 1.165) is 16.0 Å². The summed E-state index contributed by atoms with van der Waals surface area (Å²) in [6.07, 6.45) is 5.43. The van der Waals surface area contributed by atoms with Crippen molar-refractivity contribution in [1.29, 1.82) is 0 Å². The molecule has 3 nitrogen and oxygen atoms in total. The fourth-order valence-electron chi connectivity index (χ4n) is 2.09. The Balaban J connectivity index is 2.24. The Kier molecular flexibility index (Phi) is 3.71. The van der Waals surface area contributed by atoms with E-state index in [1.54, 1.807) is 0 Å².